The Balaban J connectivity index is 3.08. The topological polar surface area (TPSA) is 81.0 Å². The van der Waals surface area contributed by atoms with Crippen molar-refractivity contribution in [3.63, 3.8) is 0 Å². The number of likely N-dealkylation sites (N-methyl/N-ethyl adjacent to an activating group) is 1. The molecule has 0 saturated heterocycles. The normalized spacial score (nSPS) is 11.3. The maximum Gasteiger partial charge on any atom is 0.258 e. The summed E-state index contributed by atoms with van der Waals surface area (Å²) in [6.45, 7) is 3.20. The number of amides is 1. The Morgan fingerprint density at radius 2 is 1.94 bits per heavy atom. The lowest BCUT2D eigenvalue weighted by Gasteiger charge is -2.34. The molecular formula is C12H17NO4. The third-order valence-electron chi connectivity index (χ3n) is 2.81. The van der Waals surface area contributed by atoms with Gasteiger partial charge in [-0.3, -0.25) is 4.79 Å². The first kappa shape index (κ1) is 13.3. The molecule has 0 unspecified atom stereocenters. The van der Waals surface area contributed by atoms with E-state index in [0.29, 0.717) is 0 Å². The number of rotatable bonds is 3. The molecule has 17 heavy (non-hydrogen) atoms. The summed E-state index contributed by atoms with van der Waals surface area (Å²) in [5, 5.41) is 28.0. The molecule has 1 aromatic carbocycles. The zero-order chi connectivity index (χ0) is 13.2. The van der Waals surface area contributed by atoms with Gasteiger partial charge < -0.3 is 20.2 Å². The highest BCUT2D eigenvalue weighted by atomic mass is 16.3. The van der Waals surface area contributed by atoms with E-state index >= 15 is 0 Å². The number of phenols is 2. The van der Waals surface area contributed by atoms with E-state index < -0.39 is 11.4 Å². The van der Waals surface area contributed by atoms with Crippen LogP contribution in [0.5, 0.6) is 11.5 Å². The van der Waals surface area contributed by atoms with E-state index in [0.717, 1.165) is 0 Å². The van der Waals surface area contributed by atoms with E-state index in [9.17, 15) is 20.1 Å². The van der Waals surface area contributed by atoms with E-state index in [4.69, 9.17) is 0 Å². The van der Waals surface area contributed by atoms with Gasteiger partial charge in [-0.25, -0.2) is 0 Å². The molecule has 0 aromatic heterocycles. The second kappa shape index (κ2) is 4.63. The minimum absolute atomic E-state index is 0.00836. The van der Waals surface area contributed by atoms with Crippen molar-refractivity contribution < 1.29 is 20.1 Å². The fraction of sp³-hybridized carbons (Fsp3) is 0.417. The zero-order valence-electron chi connectivity index (χ0n) is 10.1. The van der Waals surface area contributed by atoms with E-state index in [2.05, 4.69) is 0 Å². The number of benzene rings is 1. The summed E-state index contributed by atoms with van der Waals surface area (Å²) >= 11 is 0. The average Bonchev–Trinajstić information content (AvgIpc) is 2.30. The van der Waals surface area contributed by atoms with Gasteiger partial charge in [0.15, 0.2) is 0 Å². The molecule has 0 aliphatic heterocycles. The lowest BCUT2D eigenvalue weighted by Crippen LogP contribution is -2.47. The van der Waals surface area contributed by atoms with Gasteiger partial charge in [-0.1, -0.05) is 0 Å². The number of carbonyl (C=O) groups is 1. The van der Waals surface area contributed by atoms with Gasteiger partial charge in [0, 0.05) is 7.05 Å². The monoisotopic (exact) mass is 239 g/mol. The first-order valence-electron chi connectivity index (χ1n) is 5.20. The van der Waals surface area contributed by atoms with Crippen LogP contribution in [0.25, 0.3) is 0 Å². The number of hydrogen-bond acceptors (Lipinski definition) is 4. The molecule has 0 aliphatic rings. The highest BCUT2D eigenvalue weighted by Crippen LogP contribution is 2.25. The van der Waals surface area contributed by atoms with E-state index in [1.807, 2.05) is 0 Å². The van der Waals surface area contributed by atoms with Crippen LogP contribution >= 0.6 is 0 Å². The third kappa shape index (κ3) is 2.68. The van der Waals surface area contributed by atoms with Gasteiger partial charge in [0.2, 0.25) is 0 Å². The summed E-state index contributed by atoms with van der Waals surface area (Å²) in [6, 6.07) is 3.74. The van der Waals surface area contributed by atoms with Crippen LogP contribution in [0.15, 0.2) is 18.2 Å². The molecule has 0 bridgehead atoms. The van der Waals surface area contributed by atoms with Gasteiger partial charge in [0.1, 0.15) is 11.5 Å². The fourth-order valence-corrected chi connectivity index (χ4v) is 1.26. The van der Waals surface area contributed by atoms with Crippen LogP contribution in [0.3, 0.4) is 0 Å². The second-order valence-electron chi connectivity index (χ2n) is 4.54. The van der Waals surface area contributed by atoms with Crippen LogP contribution in [-0.4, -0.2) is 45.3 Å². The van der Waals surface area contributed by atoms with Crippen molar-refractivity contribution in [3.05, 3.63) is 23.8 Å². The summed E-state index contributed by atoms with van der Waals surface area (Å²) in [7, 11) is 1.53. The highest BCUT2D eigenvalue weighted by molar-refractivity contribution is 5.97. The smallest absolute Gasteiger partial charge is 0.258 e. The Hall–Kier alpha value is -1.75. The molecular weight excluding hydrogens is 222 g/mol. The van der Waals surface area contributed by atoms with Gasteiger partial charge in [-0.2, -0.15) is 0 Å². The first-order valence-corrected chi connectivity index (χ1v) is 5.20. The summed E-state index contributed by atoms with van der Waals surface area (Å²) in [5.41, 5.74) is -0.733. The molecule has 94 valence electrons. The van der Waals surface area contributed by atoms with Crippen molar-refractivity contribution in [2.24, 2.45) is 0 Å². The minimum atomic E-state index is -0.741. The summed E-state index contributed by atoms with van der Waals surface area (Å²) < 4.78 is 0. The van der Waals surface area contributed by atoms with E-state index in [1.165, 1.54) is 30.1 Å². The third-order valence-corrected chi connectivity index (χ3v) is 2.81. The molecule has 0 aliphatic carbocycles. The van der Waals surface area contributed by atoms with Crippen molar-refractivity contribution in [1.29, 1.82) is 0 Å². The fourth-order valence-electron chi connectivity index (χ4n) is 1.26. The molecule has 1 aromatic rings. The molecule has 0 saturated carbocycles. The largest absolute Gasteiger partial charge is 0.508 e. The number of hydrogen-bond donors (Lipinski definition) is 3. The molecule has 5 nitrogen and oxygen atoms in total. The zero-order valence-corrected chi connectivity index (χ0v) is 10.1. The molecule has 0 spiro atoms. The minimum Gasteiger partial charge on any atom is -0.508 e. The number of aliphatic hydroxyl groups is 1. The Bertz CT molecular complexity index is 429. The maximum absolute atomic E-state index is 12.1. The van der Waals surface area contributed by atoms with Crippen molar-refractivity contribution in [1.82, 2.24) is 4.90 Å². The van der Waals surface area contributed by atoms with Crippen LogP contribution in [0, 0.1) is 0 Å². The van der Waals surface area contributed by atoms with Crippen molar-refractivity contribution in [3.8, 4) is 11.5 Å². The quantitative estimate of drug-likeness (QED) is 0.686. The molecule has 1 amide bonds. The molecule has 3 N–H and O–H groups in total. The van der Waals surface area contributed by atoms with Crippen LogP contribution in [0.2, 0.25) is 0 Å². The number of nitrogens with zero attached hydrogens (tertiary/aromatic N) is 1. The van der Waals surface area contributed by atoms with Crippen molar-refractivity contribution >= 4 is 5.91 Å². The SMILES string of the molecule is CN(C(=O)c1cc(O)ccc1O)C(C)(C)CO. The van der Waals surface area contributed by atoms with E-state index in [1.54, 1.807) is 13.8 Å². The molecule has 0 fully saturated rings. The number of carbonyl (C=O) groups excluding carboxylic acids is 1. The molecule has 0 atom stereocenters. The second-order valence-corrected chi connectivity index (χ2v) is 4.54. The molecule has 5 heteroatoms. The standard InChI is InChI=1S/C12H17NO4/c1-12(2,7-14)13(3)11(17)9-6-8(15)4-5-10(9)16/h4-6,14-16H,7H2,1-3H3. The summed E-state index contributed by atoms with van der Waals surface area (Å²) in [5.74, 6) is -0.757. The van der Waals surface area contributed by atoms with Gasteiger partial charge in [-0.15, -0.1) is 0 Å². The van der Waals surface area contributed by atoms with Crippen LogP contribution in [0.1, 0.15) is 24.2 Å². The van der Waals surface area contributed by atoms with Crippen molar-refractivity contribution in [2.45, 2.75) is 19.4 Å². The van der Waals surface area contributed by atoms with Gasteiger partial charge in [0.25, 0.3) is 5.91 Å². The average molecular weight is 239 g/mol. The summed E-state index contributed by atoms with van der Waals surface area (Å²) in [6.07, 6.45) is 0. The predicted molar refractivity (Wildman–Crippen MR) is 63.0 cm³/mol. The summed E-state index contributed by atoms with van der Waals surface area (Å²) in [4.78, 5) is 13.4. The van der Waals surface area contributed by atoms with Crippen molar-refractivity contribution in [2.75, 3.05) is 13.7 Å². The van der Waals surface area contributed by atoms with E-state index in [-0.39, 0.29) is 23.7 Å². The Morgan fingerprint density at radius 3 is 2.47 bits per heavy atom. The van der Waals surface area contributed by atoms with Crippen LogP contribution in [0.4, 0.5) is 0 Å². The molecule has 0 heterocycles. The number of aliphatic hydroxyl groups excluding tert-OH is 1. The highest BCUT2D eigenvalue weighted by Gasteiger charge is 2.29. The molecule has 1 rings (SSSR count). The lowest BCUT2D eigenvalue weighted by molar-refractivity contribution is 0.0470. The van der Waals surface area contributed by atoms with Gasteiger partial charge in [0.05, 0.1) is 17.7 Å². The van der Waals surface area contributed by atoms with Crippen LogP contribution in [-0.2, 0) is 0 Å². The Morgan fingerprint density at radius 1 is 1.35 bits per heavy atom. The van der Waals surface area contributed by atoms with Crippen LogP contribution < -0.4 is 0 Å². The maximum atomic E-state index is 12.1. The van der Waals surface area contributed by atoms with Gasteiger partial charge >= 0.3 is 0 Å². The molecule has 0 radical (unpaired) electrons. The number of aromatic hydroxyl groups is 2. The first-order chi connectivity index (χ1) is 7.79. The lowest BCUT2D eigenvalue weighted by atomic mass is 10.0. The van der Waals surface area contributed by atoms with Gasteiger partial charge in [-0.05, 0) is 32.0 Å². The Kier molecular flexibility index (Phi) is 3.63. The number of phenolic OH excluding ortho intramolecular Hbond substituents is 2. The predicted octanol–water partition coefficient (Wildman–Crippen LogP) is 0.941. The Labute approximate surface area is 99.9 Å².